The molecule has 1 aliphatic rings. The summed E-state index contributed by atoms with van der Waals surface area (Å²) in [6, 6.07) is 1.59. The molecule has 118 valence electrons. The number of nitrogens with one attached hydrogen (secondary N) is 2. The summed E-state index contributed by atoms with van der Waals surface area (Å²) in [4.78, 5) is 6.37. The van der Waals surface area contributed by atoms with Gasteiger partial charge in [-0.1, -0.05) is 11.6 Å². The standard InChI is InChI=1S/C13H21ClN4O2S/c1-10(18-5-3-4-6-18)8-17-21(19,20)11-7-12(14)13(15-2)16-9-11/h7,9-10,17H,3-6,8H2,1-2H3,(H,15,16). The largest absolute Gasteiger partial charge is 0.372 e. The molecule has 1 saturated heterocycles. The number of anilines is 1. The lowest BCUT2D eigenvalue weighted by atomic mass is 10.3. The molecule has 8 heteroatoms. The highest BCUT2D eigenvalue weighted by Crippen LogP contribution is 2.22. The second-order valence-electron chi connectivity index (χ2n) is 5.20. The number of nitrogens with zero attached hydrogens (tertiary/aromatic N) is 2. The highest BCUT2D eigenvalue weighted by atomic mass is 35.5. The van der Waals surface area contributed by atoms with Crippen molar-refractivity contribution in [2.45, 2.75) is 30.7 Å². The predicted molar refractivity (Wildman–Crippen MR) is 84.3 cm³/mol. The van der Waals surface area contributed by atoms with Crippen LogP contribution in [0.2, 0.25) is 5.02 Å². The molecule has 0 aromatic carbocycles. The van der Waals surface area contributed by atoms with Crippen LogP contribution in [0.5, 0.6) is 0 Å². The predicted octanol–water partition coefficient (Wildman–Crippen LogP) is 1.54. The van der Waals surface area contributed by atoms with E-state index in [9.17, 15) is 8.42 Å². The van der Waals surface area contributed by atoms with Crippen LogP contribution in [0, 0.1) is 0 Å². The Labute approximate surface area is 130 Å². The van der Waals surface area contributed by atoms with E-state index in [1.807, 2.05) is 6.92 Å². The summed E-state index contributed by atoms with van der Waals surface area (Å²) in [5.74, 6) is 0.459. The number of sulfonamides is 1. The second kappa shape index (κ2) is 6.91. The van der Waals surface area contributed by atoms with Gasteiger partial charge >= 0.3 is 0 Å². The number of likely N-dealkylation sites (tertiary alicyclic amines) is 1. The number of pyridine rings is 1. The third kappa shape index (κ3) is 4.06. The molecule has 21 heavy (non-hydrogen) atoms. The van der Waals surface area contributed by atoms with E-state index in [1.54, 1.807) is 7.05 Å². The summed E-state index contributed by atoms with van der Waals surface area (Å²) < 4.78 is 27.1. The van der Waals surface area contributed by atoms with Crippen molar-refractivity contribution in [2.24, 2.45) is 0 Å². The Morgan fingerprint density at radius 1 is 1.43 bits per heavy atom. The molecule has 0 aliphatic carbocycles. The summed E-state index contributed by atoms with van der Waals surface area (Å²) in [5, 5.41) is 3.08. The van der Waals surface area contributed by atoms with Crippen LogP contribution in [0.4, 0.5) is 5.82 Å². The fourth-order valence-corrected chi connectivity index (χ4v) is 3.79. The van der Waals surface area contributed by atoms with Gasteiger partial charge in [-0.05, 0) is 38.9 Å². The summed E-state index contributed by atoms with van der Waals surface area (Å²) in [5.41, 5.74) is 0. The molecule has 0 spiro atoms. The minimum atomic E-state index is -3.58. The first-order valence-electron chi connectivity index (χ1n) is 7.01. The molecule has 0 saturated carbocycles. The van der Waals surface area contributed by atoms with Crippen LogP contribution in [0.3, 0.4) is 0 Å². The third-order valence-corrected chi connectivity index (χ3v) is 5.37. The van der Waals surface area contributed by atoms with Crippen molar-refractivity contribution in [3.05, 3.63) is 17.3 Å². The highest BCUT2D eigenvalue weighted by molar-refractivity contribution is 7.89. The van der Waals surface area contributed by atoms with Gasteiger partial charge in [-0.3, -0.25) is 4.90 Å². The van der Waals surface area contributed by atoms with Crippen LogP contribution >= 0.6 is 11.6 Å². The summed E-state index contributed by atoms with van der Waals surface area (Å²) in [6.07, 6.45) is 3.67. The van der Waals surface area contributed by atoms with Crippen LogP contribution in [0.15, 0.2) is 17.2 Å². The lowest BCUT2D eigenvalue weighted by Crippen LogP contribution is -2.40. The van der Waals surface area contributed by atoms with Crippen molar-refractivity contribution < 1.29 is 8.42 Å². The summed E-state index contributed by atoms with van der Waals surface area (Å²) >= 11 is 5.98. The quantitative estimate of drug-likeness (QED) is 0.826. The molecule has 1 unspecified atom stereocenters. The molecular formula is C13H21ClN4O2S. The SMILES string of the molecule is CNc1ncc(S(=O)(=O)NCC(C)N2CCCC2)cc1Cl. The lowest BCUT2D eigenvalue weighted by Gasteiger charge is -2.23. The van der Waals surface area contributed by atoms with Gasteiger partial charge in [-0.2, -0.15) is 0 Å². The van der Waals surface area contributed by atoms with Crippen molar-refractivity contribution in [2.75, 3.05) is 32.0 Å². The number of hydrogen-bond acceptors (Lipinski definition) is 5. The van der Waals surface area contributed by atoms with Crippen LogP contribution < -0.4 is 10.0 Å². The van der Waals surface area contributed by atoms with Crippen molar-refractivity contribution in [1.82, 2.24) is 14.6 Å². The maximum absolute atomic E-state index is 12.3. The Bertz CT molecular complexity index is 588. The molecule has 6 nitrogen and oxygen atoms in total. The molecule has 0 amide bonds. The van der Waals surface area contributed by atoms with E-state index in [-0.39, 0.29) is 16.0 Å². The zero-order chi connectivity index (χ0) is 15.5. The van der Waals surface area contributed by atoms with Crippen molar-refractivity contribution in [3.8, 4) is 0 Å². The minimum absolute atomic E-state index is 0.0834. The number of hydrogen-bond donors (Lipinski definition) is 2. The van der Waals surface area contributed by atoms with Gasteiger partial charge in [0.2, 0.25) is 10.0 Å². The molecule has 2 N–H and O–H groups in total. The molecular weight excluding hydrogens is 312 g/mol. The maximum atomic E-state index is 12.3. The van der Waals surface area contributed by atoms with E-state index in [4.69, 9.17) is 11.6 Å². The molecule has 1 aromatic heterocycles. The Hall–Kier alpha value is -0.890. The second-order valence-corrected chi connectivity index (χ2v) is 7.37. The lowest BCUT2D eigenvalue weighted by molar-refractivity contribution is 0.260. The van der Waals surface area contributed by atoms with Crippen molar-refractivity contribution in [3.63, 3.8) is 0 Å². The topological polar surface area (TPSA) is 74.3 Å². The maximum Gasteiger partial charge on any atom is 0.242 e. The highest BCUT2D eigenvalue weighted by Gasteiger charge is 2.21. The van der Waals surface area contributed by atoms with E-state index in [0.717, 1.165) is 13.1 Å². The molecule has 1 atom stereocenters. The van der Waals surface area contributed by atoms with Crippen LogP contribution in [-0.4, -0.2) is 51.0 Å². The average molecular weight is 333 g/mol. The molecule has 1 fully saturated rings. The van der Waals surface area contributed by atoms with Gasteiger partial charge in [0.15, 0.2) is 0 Å². The van der Waals surface area contributed by atoms with Crippen molar-refractivity contribution >= 4 is 27.4 Å². The Morgan fingerprint density at radius 2 is 2.10 bits per heavy atom. The van der Waals surface area contributed by atoms with Crippen LogP contribution in [0.25, 0.3) is 0 Å². The Kier molecular flexibility index (Phi) is 5.43. The first kappa shape index (κ1) is 16.5. The molecule has 0 bridgehead atoms. The van der Waals surface area contributed by atoms with Gasteiger partial charge in [0.1, 0.15) is 10.7 Å². The fraction of sp³-hybridized carbons (Fsp3) is 0.615. The monoisotopic (exact) mass is 332 g/mol. The van der Waals surface area contributed by atoms with Crippen molar-refractivity contribution in [1.29, 1.82) is 0 Å². The first-order chi connectivity index (χ1) is 9.94. The number of aromatic nitrogens is 1. The normalized spacial score (nSPS) is 17.9. The zero-order valence-corrected chi connectivity index (χ0v) is 13.8. The summed E-state index contributed by atoms with van der Waals surface area (Å²) in [6.45, 7) is 4.48. The van der Waals surface area contributed by atoms with E-state index in [2.05, 4.69) is 19.9 Å². The Morgan fingerprint density at radius 3 is 2.67 bits per heavy atom. The molecule has 2 rings (SSSR count). The smallest absolute Gasteiger partial charge is 0.242 e. The fourth-order valence-electron chi connectivity index (χ4n) is 2.38. The Balaban J connectivity index is 2.02. The van der Waals surface area contributed by atoms with Crippen LogP contribution in [0.1, 0.15) is 19.8 Å². The van der Waals surface area contributed by atoms with Gasteiger partial charge < -0.3 is 5.32 Å². The van der Waals surface area contributed by atoms with Gasteiger partial charge in [0.25, 0.3) is 0 Å². The van der Waals surface area contributed by atoms with E-state index < -0.39 is 10.0 Å². The van der Waals surface area contributed by atoms with Gasteiger partial charge in [-0.15, -0.1) is 0 Å². The van der Waals surface area contributed by atoms with E-state index in [0.29, 0.717) is 12.4 Å². The van der Waals surface area contributed by atoms with Crippen LogP contribution in [-0.2, 0) is 10.0 Å². The zero-order valence-electron chi connectivity index (χ0n) is 12.3. The summed E-state index contributed by atoms with van der Waals surface area (Å²) in [7, 11) is -1.90. The third-order valence-electron chi connectivity index (χ3n) is 3.70. The van der Waals surface area contributed by atoms with Gasteiger partial charge in [0, 0.05) is 25.8 Å². The van der Waals surface area contributed by atoms with Gasteiger partial charge in [0.05, 0.1) is 5.02 Å². The number of rotatable bonds is 6. The molecule has 1 aliphatic heterocycles. The number of halogens is 1. The average Bonchev–Trinajstić information content (AvgIpc) is 2.99. The van der Waals surface area contributed by atoms with Gasteiger partial charge in [-0.25, -0.2) is 18.1 Å². The van der Waals surface area contributed by atoms with E-state index in [1.165, 1.54) is 25.1 Å². The molecule has 2 heterocycles. The molecule has 0 radical (unpaired) electrons. The first-order valence-corrected chi connectivity index (χ1v) is 8.87. The van der Waals surface area contributed by atoms with E-state index >= 15 is 0 Å². The minimum Gasteiger partial charge on any atom is -0.372 e. The molecule has 1 aromatic rings.